The summed E-state index contributed by atoms with van der Waals surface area (Å²) in [6.07, 6.45) is 5.45. The van der Waals surface area contributed by atoms with Gasteiger partial charge < -0.3 is 4.42 Å². The molecule has 0 bridgehead atoms. The molecule has 3 rings (SSSR count). The number of oxazole rings is 1. The van der Waals surface area contributed by atoms with Crippen molar-refractivity contribution in [2.45, 2.75) is 71.9 Å². The Bertz CT molecular complexity index is 808. The predicted octanol–water partition coefficient (Wildman–Crippen LogP) is 3.56. The van der Waals surface area contributed by atoms with Gasteiger partial charge in [0.2, 0.25) is 0 Å². The minimum atomic E-state index is -0.0977. The third kappa shape index (κ3) is 4.86. The first kappa shape index (κ1) is 19.8. The normalized spacial score (nSPS) is 17.0. The van der Waals surface area contributed by atoms with Gasteiger partial charge in [-0.2, -0.15) is 0 Å². The Morgan fingerprint density at radius 1 is 1.22 bits per heavy atom. The molecule has 0 aliphatic carbocycles. The second kappa shape index (κ2) is 7.97. The maximum absolute atomic E-state index is 12.4. The van der Waals surface area contributed by atoms with Crippen LogP contribution >= 0.6 is 0 Å². The first-order valence-corrected chi connectivity index (χ1v) is 9.95. The Balaban J connectivity index is 1.55. The van der Waals surface area contributed by atoms with Crippen LogP contribution in [0.15, 0.2) is 28.0 Å². The molecule has 1 aliphatic heterocycles. The zero-order chi connectivity index (χ0) is 19.6. The van der Waals surface area contributed by atoms with E-state index in [1.54, 1.807) is 23.4 Å². The molecule has 0 aromatic carbocycles. The van der Waals surface area contributed by atoms with E-state index in [9.17, 15) is 4.79 Å². The number of hydrogen-bond donors (Lipinski definition) is 0. The second-order valence-corrected chi connectivity index (χ2v) is 9.05. The minimum Gasteiger partial charge on any atom is -0.448 e. The van der Waals surface area contributed by atoms with E-state index in [1.807, 2.05) is 0 Å². The molecule has 27 heavy (non-hydrogen) atoms. The summed E-state index contributed by atoms with van der Waals surface area (Å²) >= 11 is 0. The molecule has 0 saturated carbocycles. The molecule has 1 aliphatic rings. The van der Waals surface area contributed by atoms with Crippen LogP contribution in [-0.4, -0.2) is 32.5 Å². The lowest BCUT2D eigenvalue weighted by Gasteiger charge is -2.32. The highest BCUT2D eigenvalue weighted by molar-refractivity contribution is 5.11. The van der Waals surface area contributed by atoms with Crippen LogP contribution < -0.4 is 5.56 Å². The van der Waals surface area contributed by atoms with Crippen LogP contribution in [0.4, 0.5) is 0 Å². The fraction of sp³-hybridized carbons (Fsp3) is 0.667. The van der Waals surface area contributed by atoms with E-state index in [-0.39, 0.29) is 11.0 Å². The van der Waals surface area contributed by atoms with Crippen molar-refractivity contribution in [2.24, 2.45) is 5.92 Å². The van der Waals surface area contributed by atoms with E-state index in [4.69, 9.17) is 4.42 Å². The van der Waals surface area contributed by atoms with Crippen LogP contribution in [0.25, 0.3) is 0 Å². The molecule has 0 unspecified atom stereocenters. The van der Waals surface area contributed by atoms with Gasteiger partial charge in [0.05, 0.1) is 17.7 Å². The predicted molar refractivity (Wildman–Crippen MR) is 106 cm³/mol. The first-order chi connectivity index (χ1) is 12.7. The number of piperidine rings is 1. The van der Waals surface area contributed by atoms with E-state index >= 15 is 0 Å². The quantitative estimate of drug-likeness (QED) is 0.803. The van der Waals surface area contributed by atoms with Crippen molar-refractivity contribution in [3.8, 4) is 0 Å². The summed E-state index contributed by atoms with van der Waals surface area (Å²) in [4.78, 5) is 23.8. The zero-order valence-corrected chi connectivity index (χ0v) is 17.2. The summed E-state index contributed by atoms with van der Waals surface area (Å²) in [6.45, 7) is 14.1. The Kier molecular flexibility index (Phi) is 5.84. The van der Waals surface area contributed by atoms with Crippen LogP contribution in [-0.2, 0) is 18.5 Å². The van der Waals surface area contributed by atoms with Gasteiger partial charge in [0.15, 0.2) is 6.39 Å². The standard InChI is InChI=1S/C21H32N4O2/c1-15(2)20-17(23-14-27-20)12-24-8-6-16(7-9-24)11-25-13-22-18(10-19(25)26)21(3,4)5/h10,13-16H,6-9,11-12H2,1-5H3. The SMILES string of the molecule is CC(C)c1ocnc1CN1CCC(Cn2cnc(C(C)(C)C)cc2=O)CC1. The third-order valence-electron chi connectivity index (χ3n) is 5.38. The summed E-state index contributed by atoms with van der Waals surface area (Å²) in [6, 6.07) is 1.69. The molecule has 3 heterocycles. The van der Waals surface area contributed by atoms with Crippen molar-refractivity contribution in [2.75, 3.05) is 13.1 Å². The van der Waals surface area contributed by atoms with Crippen molar-refractivity contribution in [3.05, 3.63) is 46.3 Å². The lowest BCUT2D eigenvalue weighted by Crippen LogP contribution is -2.36. The number of aromatic nitrogens is 3. The molecule has 6 heteroatoms. The van der Waals surface area contributed by atoms with Crippen molar-refractivity contribution < 1.29 is 4.42 Å². The third-order valence-corrected chi connectivity index (χ3v) is 5.38. The topological polar surface area (TPSA) is 64.2 Å². The monoisotopic (exact) mass is 372 g/mol. The van der Waals surface area contributed by atoms with Gasteiger partial charge in [0, 0.05) is 30.5 Å². The van der Waals surface area contributed by atoms with Gasteiger partial charge >= 0.3 is 0 Å². The molecule has 1 saturated heterocycles. The van der Waals surface area contributed by atoms with Gasteiger partial charge in [-0.05, 0) is 31.8 Å². The van der Waals surface area contributed by atoms with E-state index < -0.39 is 0 Å². The van der Waals surface area contributed by atoms with Crippen molar-refractivity contribution in [3.63, 3.8) is 0 Å². The highest BCUT2D eigenvalue weighted by Gasteiger charge is 2.23. The largest absolute Gasteiger partial charge is 0.448 e. The van der Waals surface area contributed by atoms with Crippen LogP contribution in [0.1, 0.15) is 70.5 Å². The molecule has 0 atom stereocenters. The molecule has 0 radical (unpaired) electrons. The van der Waals surface area contributed by atoms with Crippen LogP contribution in [0.5, 0.6) is 0 Å². The Morgan fingerprint density at radius 2 is 1.93 bits per heavy atom. The van der Waals surface area contributed by atoms with E-state index in [0.29, 0.717) is 11.8 Å². The fourth-order valence-corrected chi connectivity index (χ4v) is 3.66. The highest BCUT2D eigenvalue weighted by Crippen LogP contribution is 2.24. The minimum absolute atomic E-state index is 0.0570. The van der Waals surface area contributed by atoms with Gasteiger partial charge in [-0.1, -0.05) is 34.6 Å². The maximum atomic E-state index is 12.4. The molecule has 0 N–H and O–H groups in total. The summed E-state index contributed by atoms with van der Waals surface area (Å²) < 4.78 is 7.30. The van der Waals surface area contributed by atoms with Gasteiger partial charge in [-0.3, -0.25) is 14.3 Å². The molecular formula is C21H32N4O2. The number of nitrogens with zero attached hydrogens (tertiary/aromatic N) is 4. The average molecular weight is 373 g/mol. The molecule has 2 aromatic heterocycles. The number of hydrogen-bond acceptors (Lipinski definition) is 5. The summed E-state index contributed by atoms with van der Waals surface area (Å²) in [5, 5.41) is 0. The van der Waals surface area contributed by atoms with Crippen LogP contribution in [0, 0.1) is 5.92 Å². The Hall–Kier alpha value is -1.95. The van der Waals surface area contributed by atoms with Gasteiger partial charge in [0.1, 0.15) is 5.76 Å². The first-order valence-electron chi connectivity index (χ1n) is 9.95. The Morgan fingerprint density at radius 3 is 2.52 bits per heavy atom. The molecule has 6 nitrogen and oxygen atoms in total. The van der Waals surface area contributed by atoms with Crippen molar-refractivity contribution in [1.82, 2.24) is 19.4 Å². The molecule has 148 valence electrons. The summed E-state index contributed by atoms with van der Waals surface area (Å²) in [5.41, 5.74) is 1.87. The second-order valence-electron chi connectivity index (χ2n) is 9.05. The maximum Gasteiger partial charge on any atom is 0.253 e. The van der Waals surface area contributed by atoms with Crippen molar-refractivity contribution in [1.29, 1.82) is 0 Å². The van der Waals surface area contributed by atoms with Crippen molar-refractivity contribution >= 4 is 0 Å². The highest BCUT2D eigenvalue weighted by atomic mass is 16.3. The lowest BCUT2D eigenvalue weighted by molar-refractivity contribution is 0.164. The molecule has 0 amide bonds. The number of rotatable bonds is 5. The lowest BCUT2D eigenvalue weighted by atomic mass is 9.92. The smallest absolute Gasteiger partial charge is 0.253 e. The average Bonchev–Trinajstić information content (AvgIpc) is 3.06. The van der Waals surface area contributed by atoms with E-state index in [0.717, 1.165) is 56.2 Å². The van der Waals surface area contributed by atoms with Gasteiger partial charge in [-0.25, -0.2) is 9.97 Å². The van der Waals surface area contributed by atoms with Crippen LogP contribution in [0.2, 0.25) is 0 Å². The Labute approximate surface area is 161 Å². The number of likely N-dealkylation sites (tertiary alicyclic amines) is 1. The zero-order valence-electron chi connectivity index (χ0n) is 17.2. The van der Waals surface area contributed by atoms with E-state index in [1.165, 1.54) is 0 Å². The fourth-order valence-electron chi connectivity index (χ4n) is 3.66. The van der Waals surface area contributed by atoms with Gasteiger partial charge in [0.25, 0.3) is 5.56 Å². The van der Waals surface area contributed by atoms with E-state index in [2.05, 4.69) is 49.5 Å². The molecular weight excluding hydrogens is 340 g/mol. The molecule has 0 spiro atoms. The van der Waals surface area contributed by atoms with Gasteiger partial charge in [-0.15, -0.1) is 0 Å². The summed E-state index contributed by atoms with van der Waals surface area (Å²) in [5.74, 6) is 1.87. The molecule has 2 aromatic rings. The summed E-state index contributed by atoms with van der Waals surface area (Å²) in [7, 11) is 0. The molecule has 1 fully saturated rings. The van der Waals surface area contributed by atoms with Crippen LogP contribution in [0.3, 0.4) is 0 Å².